The average Bonchev–Trinajstić information content (AvgIpc) is 2.42. The second-order valence-corrected chi connectivity index (χ2v) is 4.60. The smallest absolute Gasteiger partial charge is 0.0673 e. The van der Waals surface area contributed by atoms with Crippen LogP contribution in [0.5, 0.6) is 0 Å². The summed E-state index contributed by atoms with van der Waals surface area (Å²) in [6.45, 7) is 12.1. The van der Waals surface area contributed by atoms with Crippen LogP contribution in [-0.4, -0.2) is 49.8 Å². The van der Waals surface area contributed by atoms with E-state index in [1.807, 2.05) is 0 Å². The summed E-state index contributed by atoms with van der Waals surface area (Å²) in [5.74, 6) is 0. The first-order chi connectivity index (χ1) is 7.22. The molecule has 0 amide bonds. The van der Waals surface area contributed by atoms with E-state index in [9.17, 15) is 0 Å². The van der Waals surface area contributed by atoms with Crippen LogP contribution in [0.1, 0.15) is 33.6 Å². The van der Waals surface area contributed by atoms with Gasteiger partial charge in [-0.2, -0.15) is 0 Å². The molecule has 0 bridgehead atoms. The lowest BCUT2D eigenvalue weighted by atomic mass is 10.2. The second-order valence-electron chi connectivity index (χ2n) is 4.60. The maximum Gasteiger partial charge on any atom is 0.0673 e. The van der Waals surface area contributed by atoms with Gasteiger partial charge in [-0.25, -0.2) is 0 Å². The Hall–Kier alpha value is -0.120. The number of ether oxygens (including phenoxy) is 1. The molecule has 1 aliphatic rings. The first-order valence-corrected chi connectivity index (χ1v) is 6.29. The van der Waals surface area contributed by atoms with Gasteiger partial charge in [-0.05, 0) is 26.7 Å². The Morgan fingerprint density at radius 1 is 1.53 bits per heavy atom. The largest absolute Gasteiger partial charge is 0.377 e. The van der Waals surface area contributed by atoms with Crippen molar-refractivity contribution in [2.75, 3.05) is 32.8 Å². The summed E-state index contributed by atoms with van der Waals surface area (Å²) < 4.78 is 5.62. The van der Waals surface area contributed by atoms with Crippen LogP contribution >= 0.6 is 0 Å². The molecule has 2 unspecified atom stereocenters. The van der Waals surface area contributed by atoms with E-state index in [2.05, 4.69) is 31.0 Å². The highest BCUT2D eigenvalue weighted by Gasteiger charge is 2.14. The topological polar surface area (TPSA) is 24.5 Å². The molecule has 0 aromatic carbocycles. The van der Waals surface area contributed by atoms with E-state index in [0.717, 1.165) is 26.2 Å². The molecule has 1 fully saturated rings. The predicted molar refractivity (Wildman–Crippen MR) is 64.2 cm³/mol. The van der Waals surface area contributed by atoms with Crippen LogP contribution in [-0.2, 0) is 4.74 Å². The molecule has 0 aromatic heterocycles. The van der Waals surface area contributed by atoms with Crippen LogP contribution < -0.4 is 5.32 Å². The van der Waals surface area contributed by atoms with Gasteiger partial charge in [0.15, 0.2) is 0 Å². The summed E-state index contributed by atoms with van der Waals surface area (Å²) in [4.78, 5) is 2.51. The zero-order valence-electron chi connectivity index (χ0n) is 10.5. The zero-order valence-corrected chi connectivity index (χ0v) is 10.5. The minimum Gasteiger partial charge on any atom is -0.377 e. The van der Waals surface area contributed by atoms with Gasteiger partial charge >= 0.3 is 0 Å². The molecule has 15 heavy (non-hydrogen) atoms. The Labute approximate surface area is 94.2 Å². The maximum absolute atomic E-state index is 5.62. The first-order valence-electron chi connectivity index (χ1n) is 6.29. The molecule has 0 aliphatic carbocycles. The van der Waals surface area contributed by atoms with Crippen molar-refractivity contribution in [3.05, 3.63) is 0 Å². The third kappa shape index (κ3) is 5.50. The fourth-order valence-electron chi connectivity index (χ4n) is 1.90. The Bertz CT molecular complexity index is 164. The summed E-state index contributed by atoms with van der Waals surface area (Å²) in [6, 6.07) is 0.644. The van der Waals surface area contributed by atoms with E-state index in [4.69, 9.17) is 4.74 Å². The van der Waals surface area contributed by atoms with Crippen molar-refractivity contribution in [1.29, 1.82) is 0 Å². The van der Waals surface area contributed by atoms with Gasteiger partial charge < -0.3 is 10.1 Å². The quantitative estimate of drug-likeness (QED) is 0.750. The lowest BCUT2D eigenvalue weighted by Gasteiger charge is -2.22. The fourth-order valence-corrected chi connectivity index (χ4v) is 1.90. The highest BCUT2D eigenvalue weighted by atomic mass is 16.5. The van der Waals surface area contributed by atoms with E-state index >= 15 is 0 Å². The fraction of sp³-hybridized carbons (Fsp3) is 1.00. The van der Waals surface area contributed by atoms with Gasteiger partial charge in [-0.15, -0.1) is 0 Å². The average molecular weight is 214 g/mol. The number of nitrogens with one attached hydrogen (secondary N) is 1. The lowest BCUT2D eigenvalue weighted by molar-refractivity contribution is 0.0678. The summed E-state index contributed by atoms with van der Waals surface area (Å²) in [6.07, 6.45) is 2.78. The van der Waals surface area contributed by atoms with Crippen molar-refractivity contribution in [1.82, 2.24) is 10.2 Å². The molecular weight excluding hydrogens is 188 g/mol. The van der Waals surface area contributed by atoms with Crippen molar-refractivity contribution in [2.24, 2.45) is 0 Å². The number of hydrogen-bond donors (Lipinski definition) is 1. The van der Waals surface area contributed by atoms with Crippen molar-refractivity contribution in [3.63, 3.8) is 0 Å². The molecular formula is C12H26N2O. The van der Waals surface area contributed by atoms with E-state index in [1.165, 1.54) is 19.4 Å². The van der Waals surface area contributed by atoms with Crippen LogP contribution in [0.15, 0.2) is 0 Å². The molecule has 3 nitrogen and oxygen atoms in total. The minimum absolute atomic E-state index is 0.399. The van der Waals surface area contributed by atoms with Gasteiger partial charge in [0.2, 0.25) is 0 Å². The lowest BCUT2D eigenvalue weighted by Crippen LogP contribution is -2.38. The highest BCUT2D eigenvalue weighted by Crippen LogP contribution is 2.04. The van der Waals surface area contributed by atoms with Crippen molar-refractivity contribution < 1.29 is 4.74 Å². The van der Waals surface area contributed by atoms with Crippen LogP contribution in [0.4, 0.5) is 0 Å². The van der Waals surface area contributed by atoms with Crippen molar-refractivity contribution >= 4 is 0 Å². The number of rotatable bonds is 5. The molecule has 90 valence electrons. The SMILES string of the molecule is CCC(C)NCCN1CCCOC(C)C1. The van der Waals surface area contributed by atoms with Crippen LogP contribution in [0.2, 0.25) is 0 Å². The van der Waals surface area contributed by atoms with Gasteiger partial charge in [-0.1, -0.05) is 6.92 Å². The van der Waals surface area contributed by atoms with E-state index in [-0.39, 0.29) is 0 Å². The van der Waals surface area contributed by atoms with Gasteiger partial charge in [0.1, 0.15) is 0 Å². The van der Waals surface area contributed by atoms with Crippen LogP contribution in [0.25, 0.3) is 0 Å². The Kier molecular flexibility index (Phi) is 6.22. The molecule has 1 saturated heterocycles. The Morgan fingerprint density at radius 2 is 2.33 bits per heavy atom. The number of nitrogens with zero attached hydrogens (tertiary/aromatic N) is 1. The Balaban J connectivity index is 2.13. The van der Waals surface area contributed by atoms with E-state index in [0.29, 0.717) is 12.1 Å². The monoisotopic (exact) mass is 214 g/mol. The first kappa shape index (κ1) is 12.9. The maximum atomic E-state index is 5.62. The van der Waals surface area contributed by atoms with Gasteiger partial charge in [0, 0.05) is 38.8 Å². The molecule has 2 atom stereocenters. The Morgan fingerprint density at radius 3 is 3.07 bits per heavy atom. The third-order valence-corrected chi connectivity index (χ3v) is 3.07. The summed E-state index contributed by atoms with van der Waals surface area (Å²) in [5.41, 5.74) is 0. The third-order valence-electron chi connectivity index (χ3n) is 3.07. The molecule has 0 aromatic rings. The van der Waals surface area contributed by atoms with E-state index < -0.39 is 0 Å². The standard InChI is InChI=1S/C12H26N2O/c1-4-11(2)13-6-8-14-7-5-9-15-12(3)10-14/h11-13H,4-10H2,1-3H3. The summed E-state index contributed by atoms with van der Waals surface area (Å²) in [5, 5.41) is 3.53. The number of hydrogen-bond acceptors (Lipinski definition) is 3. The summed E-state index contributed by atoms with van der Waals surface area (Å²) >= 11 is 0. The van der Waals surface area contributed by atoms with Crippen molar-refractivity contribution in [3.8, 4) is 0 Å². The molecule has 1 N–H and O–H groups in total. The molecule has 0 radical (unpaired) electrons. The molecule has 1 aliphatic heterocycles. The van der Waals surface area contributed by atoms with Crippen LogP contribution in [0, 0.1) is 0 Å². The summed E-state index contributed by atoms with van der Waals surface area (Å²) in [7, 11) is 0. The molecule has 0 saturated carbocycles. The van der Waals surface area contributed by atoms with E-state index in [1.54, 1.807) is 0 Å². The van der Waals surface area contributed by atoms with Crippen molar-refractivity contribution in [2.45, 2.75) is 45.8 Å². The van der Waals surface area contributed by atoms with Gasteiger partial charge in [0.25, 0.3) is 0 Å². The molecule has 1 heterocycles. The molecule has 3 heteroatoms. The highest BCUT2D eigenvalue weighted by molar-refractivity contribution is 4.68. The van der Waals surface area contributed by atoms with Crippen LogP contribution in [0.3, 0.4) is 0 Å². The second kappa shape index (κ2) is 7.20. The molecule has 0 spiro atoms. The zero-order chi connectivity index (χ0) is 11.1. The minimum atomic E-state index is 0.399. The normalized spacial score (nSPS) is 26.2. The van der Waals surface area contributed by atoms with Gasteiger partial charge in [0.05, 0.1) is 6.10 Å². The predicted octanol–water partition coefficient (Wildman–Crippen LogP) is 1.49. The molecule has 1 rings (SSSR count). The van der Waals surface area contributed by atoms with Gasteiger partial charge in [-0.3, -0.25) is 4.90 Å².